The molecule has 0 atom stereocenters. The van der Waals surface area contributed by atoms with Gasteiger partial charge in [-0.05, 0) is 37.1 Å². The van der Waals surface area contributed by atoms with Crippen molar-refractivity contribution in [3.05, 3.63) is 54.1 Å². The average Bonchev–Trinajstić information content (AvgIpc) is 2.66. The molecule has 1 N–H and O–H groups in total. The molecule has 0 aromatic heterocycles. The Morgan fingerprint density at radius 1 is 1.00 bits per heavy atom. The highest BCUT2D eigenvalue weighted by molar-refractivity contribution is 5.94. The second-order valence-electron chi connectivity index (χ2n) is 5.45. The highest BCUT2D eigenvalue weighted by atomic mass is 16.5. The molecule has 6 nitrogen and oxygen atoms in total. The lowest BCUT2D eigenvalue weighted by Crippen LogP contribution is -2.21. The fourth-order valence-electron chi connectivity index (χ4n) is 2.40. The molecular formula is C20H23NO5. The normalized spacial score (nSPS) is 10.1. The summed E-state index contributed by atoms with van der Waals surface area (Å²) in [6, 6.07) is 14.6. The maximum absolute atomic E-state index is 12.0. The molecule has 0 heterocycles. The summed E-state index contributed by atoms with van der Waals surface area (Å²) in [5.41, 5.74) is 1.46. The van der Waals surface area contributed by atoms with E-state index >= 15 is 0 Å². The number of anilines is 1. The van der Waals surface area contributed by atoms with Gasteiger partial charge in [-0.25, -0.2) is 0 Å². The smallest absolute Gasteiger partial charge is 0.306 e. The third-order valence-electron chi connectivity index (χ3n) is 3.62. The first-order chi connectivity index (χ1) is 12.6. The Hall–Kier alpha value is -3.02. The zero-order valence-electron chi connectivity index (χ0n) is 15.0. The van der Waals surface area contributed by atoms with E-state index in [1.807, 2.05) is 37.3 Å². The monoisotopic (exact) mass is 357 g/mol. The molecule has 0 saturated carbocycles. The third-order valence-corrected chi connectivity index (χ3v) is 3.62. The van der Waals surface area contributed by atoms with Crippen LogP contribution in [0.3, 0.4) is 0 Å². The molecule has 0 fully saturated rings. The number of nitrogens with one attached hydrogen (secondary N) is 1. The maximum Gasteiger partial charge on any atom is 0.306 e. The fourth-order valence-corrected chi connectivity index (χ4v) is 2.40. The molecule has 0 radical (unpaired) electrons. The number of methoxy groups -OCH3 is 1. The van der Waals surface area contributed by atoms with Gasteiger partial charge in [-0.2, -0.15) is 0 Å². The van der Waals surface area contributed by atoms with Crippen molar-refractivity contribution in [2.75, 3.05) is 25.6 Å². The van der Waals surface area contributed by atoms with Crippen LogP contribution in [0.5, 0.6) is 11.5 Å². The number of rotatable bonds is 9. The Balaban J connectivity index is 1.79. The van der Waals surface area contributed by atoms with Gasteiger partial charge in [0.1, 0.15) is 11.5 Å². The molecule has 1 amide bonds. The summed E-state index contributed by atoms with van der Waals surface area (Å²) < 4.78 is 15.7. The average molecular weight is 357 g/mol. The standard InChI is InChI=1S/C20H23NO5/c1-3-25-18-11-7-5-9-16(18)21-19(22)14-26-20(23)13-12-15-8-4-6-10-17(15)24-2/h4-11H,3,12-14H2,1-2H3,(H,21,22). The van der Waals surface area contributed by atoms with Crippen LogP contribution in [0.4, 0.5) is 5.69 Å². The van der Waals surface area contributed by atoms with E-state index in [0.717, 1.165) is 11.3 Å². The van der Waals surface area contributed by atoms with Crippen molar-refractivity contribution in [2.24, 2.45) is 0 Å². The van der Waals surface area contributed by atoms with Gasteiger partial charge in [0.25, 0.3) is 5.91 Å². The maximum atomic E-state index is 12.0. The minimum Gasteiger partial charge on any atom is -0.496 e. The van der Waals surface area contributed by atoms with Crippen molar-refractivity contribution < 1.29 is 23.8 Å². The SMILES string of the molecule is CCOc1ccccc1NC(=O)COC(=O)CCc1ccccc1OC. The predicted octanol–water partition coefficient (Wildman–Crippen LogP) is 3.21. The van der Waals surface area contributed by atoms with Crippen LogP contribution in [-0.2, 0) is 20.7 Å². The Morgan fingerprint density at radius 3 is 2.42 bits per heavy atom. The molecule has 0 aliphatic carbocycles. The molecule has 0 aliphatic heterocycles. The van der Waals surface area contributed by atoms with Crippen LogP contribution < -0.4 is 14.8 Å². The zero-order chi connectivity index (χ0) is 18.8. The van der Waals surface area contributed by atoms with Gasteiger partial charge in [0.15, 0.2) is 6.61 Å². The number of esters is 1. The topological polar surface area (TPSA) is 73.9 Å². The molecule has 0 spiro atoms. The number of aryl methyl sites for hydroxylation is 1. The van der Waals surface area contributed by atoms with Crippen LogP contribution >= 0.6 is 0 Å². The number of carbonyl (C=O) groups is 2. The summed E-state index contributed by atoms with van der Waals surface area (Å²) in [5.74, 6) is 0.448. The second-order valence-corrected chi connectivity index (χ2v) is 5.45. The number of amides is 1. The van der Waals surface area contributed by atoms with E-state index in [9.17, 15) is 9.59 Å². The van der Waals surface area contributed by atoms with E-state index in [2.05, 4.69) is 5.32 Å². The fraction of sp³-hybridized carbons (Fsp3) is 0.300. The third kappa shape index (κ3) is 5.81. The van der Waals surface area contributed by atoms with Crippen LogP contribution in [0, 0.1) is 0 Å². The summed E-state index contributed by atoms with van der Waals surface area (Å²) in [6.45, 7) is 2.01. The first kappa shape index (κ1) is 19.3. The van der Waals surface area contributed by atoms with Gasteiger partial charge in [-0.3, -0.25) is 9.59 Å². The molecule has 2 aromatic rings. The summed E-state index contributed by atoms with van der Waals surface area (Å²) in [5, 5.41) is 2.68. The Labute approximate surface area is 153 Å². The zero-order valence-corrected chi connectivity index (χ0v) is 15.0. The quantitative estimate of drug-likeness (QED) is 0.698. The summed E-state index contributed by atoms with van der Waals surface area (Å²) in [6.07, 6.45) is 0.654. The predicted molar refractivity (Wildman–Crippen MR) is 98.5 cm³/mol. The molecule has 138 valence electrons. The first-order valence-electron chi connectivity index (χ1n) is 8.43. The van der Waals surface area contributed by atoms with Crippen LogP contribution in [0.1, 0.15) is 18.9 Å². The van der Waals surface area contributed by atoms with Crippen molar-refractivity contribution in [1.29, 1.82) is 0 Å². The van der Waals surface area contributed by atoms with Gasteiger partial charge in [0, 0.05) is 6.42 Å². The van der Waals surface area contributed by atoms with Crippen LogP contribution in [0.25, 0.3) is 0 Å². The van der Waals surface area contributed by atoms with E-state index in [4.69, 9.17) is 14.2 Å². The van der Waals surface area contributed by atoms with Gasteiger partial charge in [-0.15, -0.1) is 0 Å². The summed E-state index contributed by atoms with van der Waals surface area (Å²) >= 11 is 0. The van der Waals surface area contributed by atoms with E-state index in [1.165, 1.54) is 0 Å². The van der Waals surface area contributed by atoms with Crippen molar-refractivity contribution >= 4 is 17.6 Å². The first-order valence-corrected chi connectivity index (χ1v) is 8.43. The van der Waals surface area contributed by atoms with Crippen LogP contribution in [0.15, 0.2) is 48.5 Å². The van der Waals surface area contributed by atoms with Gasteiger partial charge >= 0.3 is 5.97 Å². The minimum atomic E-state index is -0.441. The number of benzene rings is 2. The number of hydrogen-bond acceptors (Lipinski definition) is 5. The highest BCUT2D eigenvalue weighted by Crippen LogP contribution is 2.23. The Bertz CT molecular complexity index is 744. The molecule has 2 rings (SSSR count). The van der Waals surface area contributed by atoms with Gasteiger partial charge in [0.05, 0.1) is 19.4 Å². The molecule has 6 heteroatoms. The van der Waals surface area contributed by atoms with Crippen molar-refractivity contribution in [2.45, 2.75) is 19.8 Å². The van der Waals surface area contributed by atoms with Crippen LogP contribution in [0.2, 0.25) is 0 Å². The van der Waals surface area contributed by atoms with Gasteiger partial charge < -0.3 is 19.5 Å². The van der Waals surface area contributed by atoms with Crippen LogP contribution in [-0.4, -0.2) is 32.2 Å². The molecule has 0 bridgehead atoms. The Morgan fingerprint density at radius 2 is 1.69 bits per heavy atom. The molecule has 2 aromatic carbocycles. The molecule has 0 saturated heterocycles. The van der Waals surface area contributed by atoms with E-state index in [-0.39, 0.29) is 13.0 Å². The number of ether oxygens (including phenoxy) is 3. The minimum absolute atomic E-state index is 0.170. The number of carbonyl (C=O) groups excluding carboxylic acids is 2. The van der Waals surface area contributed by atoms with E-state index in [0.29, 0.717) is 24.5 Å². The van der Waals surface area contributed by atoms with E-state index < -0.39 is 11.9 Å². The number of hydrogen-bond donors (Lipinski definition) is 1. The lowest BCUT2D eigenvalue weighted by molar-refractivity contribution is -0.147. The molecular weight excluding hydrogens is 334 g/mol. The molecule has 0 unspecified atom stereocenters. The van der Waals surface area contributed by atoms with Gasteiger partial charge in [0.2, 0.25) is 0 Å². The largest absolute Gasteiger partial charge is 0.496 e. The summed E-state index contributed by atoms with van der Waals surface area (Å²) in [7, 11) is 1.58. The lowest BCUT2D eigenvalue weighted by atomic mass is 10.1. The second kappa shape index (κ2) is 10.1. The lowest BCUT2D eigenvalue weighted by Gasteiger charge is -2.11. The Kier molecular flexibility index (Phi) is 7.49. The van der Waals surface area contributed by atoms with Crippen molar-refractivity contribution in [1.82, 2.24) is 0 Å². The summed E-state index contributed by atoms with van der Waals surface area (Å²) in [4.78, 5) is 23.9. The molecule has 0 aliphatic rings. The highest BCUT2D eigenvalue weighted by Gasteiger charge is 2.11. The van der Waals surface area contributed by atoms with E-state index in [1.54, 1.807) is 25.3 Å². The van der Waals surface area contributed by atoms with Crippen molar-refractivity contribution in [3.8, 4) is 11.5 Å². The van der Waals surface area contributed by atoms with Crippen molar-refractivity contribution in [3.63, 3.8) is 0 Å². The number of para-hydroxylation sites is 3. The molecule has 26 heavy (non-hydrogen) atoms. The van der Waals surface area contributed by atoms with Gasteiger partial charge in [-0.1, -0.05) is 30.3 Å².